The zero-order valence-electron chi connectivity index (χ0n) is 11.2. The number of carbonyl (C=O) groups is 1. The minimum atomic E-state index is -0.515. The summed E-state index contributed by atoms with van der Waals surface area (Å²) >= 11 is 0. The van der Waals surface area contributed by atoms with Gasteiger partial charge in [0.25, 0.3) is 5.56 Å². The van der Waals surface area contributed by atoms with E-state index in [1.54, 1.807) is 6.92 Å². The van der Waals surface area contributed by atoms with Crippen LogP contribution in [0.2, 0.25) is 0 Å². The fourth-order valence-corrected chi connectivity index (χ4v) is 2.18. The van der Waals surface area contributed by atoms with Gasteiger partial charge in [-0.1, -0.05) is 6.92 Å². The Labute approximate surface area is 110 Å². The Balaban J connectivity index is 1.86. The summed E-state index contributed by atoms with van der Waals surface area (Å²) < 4.78 is 0. The quantitative estimate of drug-likeness (QED) is 0.703. The van der Waals surface area contributed by atoms with Crippen LogP contribution in [0, 0.1) is 18.8 Å². The molecule has 1 aromatic rings. The number of aromatic amines is 2. The maximum atomic E-state index is 11.6. The number of carbonyl (C=O) groups excluding carboxylic acids is 1. The Bertz CT molecular complexity index is 588. The largest absolute Gasteiger partial charge is 0.356 e. The molecule has 1 saturated carbocycles. The molecule has 1 heterocycles. The molecule has 0 saturated heterocycles. The molecule has 0 unspecified atom stereocenters. The lowest BCUT2D eigenvalue weighted by atomic mass is 10.1. The summed E-state index contributed by atoms with van der Waals surface area (Å²) in [6, 6.07) is 0. The van der Waals surface area contributed by atoms with E-state index in [4.69, 9.17) is 0 Å². The average Bonchev–Trinajstić information content (AvgIpc) is 3.01. The summed E-state index contributed by atoms with van der Waals surface area (Å²) in [5.41, 5.74) is 0.0650. The molecular formula is C13H19N3O3. The molecule has 1 aliphatic carbocycles. The molecule has 0 spiro atoms. The Morgan fingerprint density at radius 2 is 2.05 bits per heavy atom. The average molecular weight is 265 g/mol. The molecule has 0 bridgehead atoms. The third kappa shape index (κ3) is 3.56. The van der Waals surface area contributed by atoms with Crippen molar-refractivity contribution in [1.82, 2.24) is 15.3 Å². The molecule has 1 aliphatic rings. The molecule has 3 N–H and O–H groups in total. The van der Waals surface area contributed by atoms with Crippen molar-refractivity contribution in [3.63, 3.8) is 0 Å². The number of rotatable bonds is 5. The zero-order valence-corrected chi connectivity index (χ0v) is 11.2. The predicted octanol–water partition coefficient (Wildman–Crippen LogP) is 0.0764. The van der Waals surface area contributed by atoms with E-state index >= 15 is 0 Å². The molecule has 2 atom stereocenters. The monoisotopic (exact) mass is 265 g/mol. The van der Waals surface area contributed by atoms with E-state index in [1.807, 2.05) is 0 Å². The van der Waals surface area contributed by atoms with Crippen molar-refractivity contribution in [2.75, 3.05) is 6.54 Å². The Hall–Kier alpha value is -1.85. The van der Waals surface area contributed by atoms with Gasteiger partial charge in [-0.15, -0.1) is 0 Å². The van der Waals surface area contributed by atoms with Gasteiger partial charge in [0.15, 0.2) is 0 Å². The standard InChI is InChI=1S/C13H19N3O3/c1-7-5-9(7)6-14-11(17)4-3-10-8(2)15-13(19)16-12(10)18/h7,9H,3-6H2,1-2H3,(H,14,17)(H2,15,16,18,19)/t7-,9+/m0/s1. The summed E-state index contributed by atoms with van der Waals surface area (Å²) in [6.07, 6.45) is 1.78. The molecule has 2 rings (SSSR count). The lowest BCUT2D eigenvalue weighted by molar-refractivity contribution is -0.121. The minimum absolute atomic E-state index is 0.0518. The third-order valence-electron chi connectivity index (χ3n) is 3.69. The van der Waals surface area contributed by atoms with E-state index < -0.39 is 11.2 Å². The van der Waals surface area contributed by atoms with Gasteiger partial charge in [0.1, 0.15) is 0 Å². The molecule has 0 aromatic carbocycles. The first-order valence-electron chi connectivity index (χ1n) is 6.56. The van der Waals surface area contributed by atoms with Gasteiger partial charge in [0.2, 0.25) is 5.91 Å². The first-order chi connectivity index (χ1) is 8.97. The van der Waals surface area contributed by atoms with Crippen LogP contribution in [0.5, 0.6) is 0 Å². The SMILES string of the molecule is Cc1[nH]c(=O)[nH]c(=O)c1CCC(=O)NC[C@H]1C[C@@H]1C. The summed E-state index contributed by atoms with van der Waals surface area (Å²) in [7, 11) is 0. The lowest BCUT2D eigenvalue weighted by Crippen LogP contribution is -2.30. The number of H-pyrrole nitrogens is 2. The Morgan fingerprint density at radius 3 is 2.63 bits per heavy atom. The second-order valence-corrected chi connectivity index (χ2v) is 5.29. The predicted molar refractivity (Wildman–Crippen MR) is 71.0 cm³/mol. The maximum absolute atomic E-state index is 11.6. The minimum Gasteiger partial charge on any atom is -0.356 e. The van der Waals surface area contributed by atoms with E-state index in [9.17, 15) is 14.4 Å². The van der Waals surface area contributed by atoms with Crippen molar-refractivity contribution < 1.29 is 4.79 Å². The van der Waals surface area contributed by atoms with Crippen LogP contribution >= 0.6 is 0 Å². The highest BCUT2D eigenvalue weighted by molar-refractivity contribution is 5.76. The van der Waals surface area contributed by atoms with E-state index in [2.05, 4.69) is 22.2 Å². The van der Waals surface area contributed by atoms with Crippen molar-refractivity contribution in [2.24, 2.45) is 11.8 Å². The van der Waals surface area contributed by atoms with Crippen LogP contribution in [-0.4, -0.2) is 22.4 Å². The number of hydrogen-bond donors (Lipinski definition) is 3. The number of aromatic nitrogens is 2. The fraction of sp³-hybridized carbons (Fsp3) is 0.615. The molecule has 1 fully saturated rings. The van der Waals surface area contributed by atoms with E-state index in [-0.39, 0.29) is 12.3 Å². The molecule has 19 heavy (non-hydrogen) atoms. The Kier molecular flexibility index (Phi) is 3.87. The summed E-state index contributed by atoms with van der Waals surface area (Å²) in [4.78, 5) is 39.0. The van der Waals surface area contributed by atoms with Gasteiger partial charge in [-0.25, -0.2) is 4.79 Å². The van der Waals surface area contributed by atoms with Crippen LogP contribution in [0.1, 0.15) is 31.0 Å². The van der Waals surface area contributed by atoms with Gasteiger partial charge in [-0.3, -0.25) is 14.6 Å². The second-order valence-electron chi connectivity index (χ2n) is 5.29. The second kappa shape index (κ2) is 5.42. The highest BCUT2D eigenvalue weighted by Crippen LogP contribution is 2.36. The van der Waals surface area contributed by atoms with Gasteiger partial charge in [0, 0.05) is 24.2 Å². The summed E-state index contributed by atoms with van der Waals surface area (Å²) in [5.74, 6) is 1.27. The topological polar surface area (TPSA) is 94.8 Å². The van der Waals surface area contributed by atoms with Gasteiger partial charge in [-0.2, -0.15) is 0 Å². The normalized spacial score (nSPS) is 21.2. The van der Waals surface area contributed by atoms with E-state index in [0.717, 1.165) is 6.54 Å². The lowest BCUT2D eigenvalue weighted by Gasteiger charge is -2.05. The molecule has 104 valence electrons. The van der Waals surface area contributed by atoms with Gasteiger partial charge in [-0.05, 0) is 31.6 Å². The summed E-state index contributed by atoms with van der Waals surface area (Å²) in [5, 5.41) is 2.87. The first-order valence-corrected chi connectivity index (χ1v) is 6.56. The van der Waals surface area contributed by atoms with Crippen LogP contribution in [0.3, 0.4) is 0 Å². The van der Waals surface area contributed by atoms with Crippen LogP contribution in [0.4, 0.5) is 0 Å². The van der Waals surface area contributed by atoms with Crippen LogP contribution in [-0.2, 0) is 11.2 Å². The van der Waals surface area contributed by atoms with Crippen LogP contribution in [0.15, 0.2) is 9.59 Å². The molecule has 6 nitrogen and oxygen atoms in total. The van der Waals surface area contributed by atoms with Crippen molar-refractivity contribution in [2.45, 2.75) is 33.1 Å². The van der Waals surface area contributed by atoms with Crippen LogP contribution in [0.25, 0.3) is 0 Å². The fourth-order valence-electron chi connectivity index (χ4n) is 2.18. The number of amides is 1. The van der Waals surface area contributed by atoms with Crippen molar-refractivity contribution >= 4 is 5.91 Å². The smallest absolute Gasteiger partial charge is 0.325 e. The van der Waals surface area contributed by atoms with Crippen LogP contribution < -0.4 is 16.6 Å². The van der Waals surface area contributed by atoms with Crippen molar-refractivity contribution in [1.29, 1.82) is 0 Å². The van der Waals surface area contributed by atoms with Crippen molar-refractivity contribution in [3.8, 4) is 0 Å². The first kappa shape index (κ1) is 13.6. The molecule has 1 aromatic heterocycles. The maximum Gasteiger partial charge on any atom is 0.325 e. The highest BCUT2D eigenvalue weighted by Gasteiger charge is 2.32. The van der Waals surface area contributed by atoms with E-state index in [0.29, 0.717) is 29.5 Å². The van der Waals surface area contributed by atoms with Crippen molar-refractivity contribution in [3.05, 3.63) is 32.1 Å². The highest BCUT2D eigenvalue weighted by atomic mass is 16.2. The third-order valence-corrected chi connectivity index (χ3v) is 3.69. The molecule has 1 amide bonds. The Morgan fingerprint density at radius 1 is 1.37 bits per heavy atom. The number of hydrogen-bond acceptors (Lipinski definition) is 3. The molecule has 0 aliphatic heterocycles. The van der Waals surface area contributed by atoms with Gasteiger partial charge >= 0.3 is 5.69 Å². The van der Waals surface area contributed by atoms with Gasteiger partial charge in [0.05, 0.1) is 0 Å². The molecule has 0 radical (unpaired) electrons. The molecular weight excluding hydrogens is 246 g/mol. The van der Waals surface area contributed by atoms with Gasteiger partial charge < -0.3 is 10.3 Å². The van der Waals surface area contributed by atoms with E-state index in [1.165, 1.54) is 6.42 Å². The summed E-state index contributed by atoms with van der Waals surface area (Å²) in [6.45, 7) is 4.55. The molecule has 6 heteroatoms. The number of aryl methyl sites for hydroxylation is 1. The zero-order chi connectivity index (χ0) is 14.0. The number of nitrogens with one attached hydrogen (secondary N) is 3.